The smallest absolute Gasteiger partial charge is 0.243 e. The largest absolute Gasteiger partial charge is 0.381 e. The van der Waals surface area contributed by atoms with Crippen LogP contribution in [0.5, 0.6) is 0 Å². The number of piperazine rings is 1. The van der Waals surface area contributed by atoms with Gasteiger partial charge in [-0.2, -0.15) is 0 Å². The zero-order valence-electron chi connectivity index (χ0n) is 25.6. The first-order valence-electron chi connectivity index (χ1n) is 15.5. The zero-order chi connectivity index (χ0) is 30.1. The van der Waals surface area contributed by atoms with E-state index >= 15 is 0 Å². The van der Waals surface area contributed by atoms with Crippen LogP contribution in [-0.2, 0) is 32.0 Å². The Hall–Kier alpha value is -2.60. The minimum atomic E-state index is -0.752. The molecule has 0 spiro atoms. The third-order valence-electron chi connectivity index (χ3n) is 8.49. The summed E-state index contributed by atoms with van der Waals surface area (Å²) in [6.45, 7) is 12.2. The maximum atomic E-state index is 13.7. The number of fused-ring (bicyclic) bond motifs is 1. The summed E-state index contributed by atoms with van der Waals surface area (Å²) in [6.07, 6.45) is 3.16. The van der Waals surface area contributed by atoms with E-state index in [1.165, 1.54) is 5.56 Å². The molecule has 1 aromatic carbocycles. The summed E-state index contributed by atoms with van der Waals surface area (Å²) in [5, 5.41) is 10.1. The number of ether oxygens (including phenoxy) is 1. The lowest BCUT2D eigenvalue weighted by atomic mass is 9.91. The number of thiazole rings is 1. The van der Waals surface area contributed by atoms with Crippen LogP contribution in [-0.4, -0.2) is 104 Å². The topological polar surface area (TPSA) is 116 Å². The highest BCUT2D eigenvalue weighted by Crippen LogP contribution is 2.25. The van der Waals surface area contributed by atoms with Gasteiger partial charge in [0.15, 0.2) is 0 Å². The summed E-state index contributed by atoms with van der Waals surface area (Å²) in [4.78, 5) is 48.7. The molecule has 2 fully saturated rings. The van der Waals surface area contributed by atoms with Crippen LogP contribution in [0.3, 0.4) is 0 Å². The van der Waals surface area contributed by atoms with E-state index in [4.69, 9.17) is 9.72 Å². The Labute approximate surface area is 253 Å². The highest BCUT2D eigenvalue weighted by molar-refractivity contribution is 7.18. The van der Waals surface area contributed by atoms with E-state index in [0.717, 1.165) is 67.2 Å². The average Bonchev–Trinajstić information content (AvgIpc) is 3.41. The minimum Gasteiger partial charge on any atom is -0.381 e. The monoisotopic (exact) mass is 600 g/mol. The van der Waals surface area contributed by atoms with E-state index in [0.29, 0.717) is 26.2 Å². The lowest BCUT2D eigenvalue weighted by Gasteiger charge is -2.34. The van der Waals surface area contributed by atoms with Crippen molar-refractivity contribution in [1.82, 2.24) is 30.7 Å². The molecular weight excluding hydrogens is 552 g/mol. The normalized spacial score (nSPS) is 19.2. The molecule has 11 heteroatoms. The maximum Gasteiger partial charge on any atom is 0.243 e. The molecule has 3 N–H and O–H groups in total. The lowest BCUT2D eigenvalue weighted by molar-refractivity contribution is -0.130. The fraction of sp³-hybridized carbons (Fsp3) is 0.677. The van der Waals surface area contributed by atoms with E-state index in [2.05, 4.69) is 51.9 Å². The van der Waals surface area contributed by atoms with Gasteiger partial charge in [-0.3, -0.25) is 14.4 Å². The van der Waals surface area contributed by atoms with Gasteiger partial charge in [0.2, 0.25) is 17.7 Å². The molecule has 2 aliphatic heterocycles. The number of amides is 3. The second-order valence-electron chi connectivity index (χ2n) is 11.8. The number of nitrogens with one attached hydrogen (secondary N) is 3. The lowest BCUT2D eigenvalue weighted by Crippen LogP contribution is -2.56. The molecule has 0 bridgehead atoms. The predicted molar refractivity (Wildman–Crippen MR) is 167 cm³/mol. The van der Waals surface area contributed by atoms with Gasteiger partial charge in [-0.15, -0.1) is 11.3 Å². The van der Waals surface area contributed by atoms with Gasteiger partial charge < -0.3 is 30.5 Å². The fourth-order valence-electron chi connectivity index (χ4n) is 5.63. The first-order valence-corrected chi connectivity index (χ1v) is 16.3. The molecule has 3 heterocycles. The van der Waals surface area contributed by atoms with E-state index in [-0.39, 0.29) is 42.0 Å². The Morgan fingerprint density at radius 2 is 1.81 bits per heavy atom. The van der Waals surface area contributed by atoms with Crippen LogP contribution in [0.1, 0.15) is 50.6 Å². The van der Waals surface area contributed by atoms with Crippen molar-refractivity contribution in [1.29, 1.82) is 0 Å². The van der Waals surface area contributed by atoms with Gasteiger partial charge in [0, 0.05) is 77.3 Å². The SMILES string of the molecule is CCC(=O)N[C@@H](Cc1nc2ccc(CC)cc2s1)C(=O)N[C@H](CNC(=O)C(C)CN1CCN(C)CC1)C1CCOCC1. The van der Waals surface area contributed by atoms with Gasteiger partial charge in [0.25, 0.3) is 0 Å². The molecule has 3 atom stereocenters. The van der Waals surface area contributed by atoms with Crippen molar-refractivity contribution in [2.24, 2.45) is 11.8 Å². The third kappa shape index (κ3) is 9.20. The van der Waals surface area contributed by atoms with Gasteiger partial charge in [-0.25, -0.2) is 4.98 Å². The molecule has 0 radical (unpaired) electrons. The molecule has 42 heavy (non-hydrogen) atoms. The first-order chi connectivity index (χ1) is 20.2. The van der Waals surface area contributed by atoms with E-state index in [1.807, 2.05) is 13.0 Å². The van der Waals surface area contributed by atoms with Crippen LogP contribution < -0.4 is 16.0 Å². The number of likely N-dealkylation sites (N-methyl/N-ethyl adjacent to an activating group) is 1. The molecule has 2 aliphatic rings. The summed E-state index contributed by atoms with van der Waals surface area (Å²) < 4.78 is 6.66. The molecule has 10 nitrogen and oxygen atoms in total. The second-order valence-corrected chi connectivity index (χ2v) is 12.9. The summed E-state index contributed by atoms with van der Waals surface area (Å²) in [5.41, 5.74) is 2.15. The number of nitrogens with zero attached hydrogens (tertiary/aromatic N) is 3. The molecule has 1 aromatic heterocycles. The Balaban J connectivity index is 1.42. The van der Waals surface area contributed by atoms with Crippen molar-refractivity contribution >= 4 is 39.3 Å². The van der Waals surface area contributed by atoms with Crippen LogP contribution in [0.25, 0.3) is 10.2 Å². The average molecular weight is 601 g/mol. The highest BCUT2D eigenvalue weighted by Gasteiger charge is 2.31. The zero-order valence-corrected chi connectivity index (χ0v) is 26.4. The van der Waals surface area contributed by atoms with E-state index in [9.17, 15) is 14.4 Å². The molecule has 2 saturated heterocycles. The fourth-order valence-corrected chi connectivity index (χ4v) is 6.70. The Kier molecular flexibility index (Phi) is 12.1. The van der Waals surface area contributed by atoms with Crippen molar-refractivity contribution < 1.29 is 19.1 Å². The van der Waals surface area contributed by atoms with E-state index < -0.39 is 6.04 Å². The number of hydrogen-bond acceptors (Lipinski definition) is 8. The summed E-state index contributed by atoms with van der Waals surface area (Å²) >= 11 is 1.56. The van der Waals surface area contributed by atoms with Gasteiger partial charge in [0.1, 0.15) is 6.04 Å². The number of carbonyl (C=O) groups excluding carboxylic acids is 3. The van der Waals surface area contributed by atoms with Gasteiger partial charge in [0.05, 0.1) is 15.2 Å². The molecule has 0 saturated carbocycles. The minimum absolute atomic E-state index is 0.00278. The molecular formula is C31H48N6O4S. The summed E-state index contributed by atoms with van der Waals surface area (Å²) in [6, 6.07) is 5.23. The number of benzene rings is 1. The molecule has 3 amide bonds. The molecule has 2 aromatic rings. The van der Waals surface area contributed by atoms with Crippen LogP contribution in [0, 0.1) is 11.8 Å². The summed E-state index contributed by atoms with van der Waals surface area (Å²) in [5.74, 6) is -0.409. The van der Waals surface area contributed by atoms with Gasteiger partial charge >= 0.3 is 0 Å². The van der Waals surface area contributed by atoms with Crippen LogP contribution in [0.4, 0.5) is 0 Å². The van der Waals surface area contributed by atoms with Crippen molar-refractivity contribution in [3.63, 3.8) is 0 Å². The number of aromatic nitrogens is 1. The van der Waals surface area contributed by atoms with Crippen molar-refractivity contribution in [3.05, 3.63) is 28.8 Å². The van der Waals surface area contributed by atoms with Crippen LogP contribution >= 0.6 is 11.3 Å². The van der Waals surface area contributed by atoms with Crippen molar-refractivity contribution in [2.75, 3.05) is 59.5 Å². The van der Waals surface area contributed by atoms with Gasteiger partial charge in [-0.05, 0) is 49.9 Å². The molecule has 0 aliphatic carbocycles. The van der Waals surface area contributed by atoms with Crippen molar-refractivity contribution in [3.8, 4) is 0 Å². The molecule has 4 rings (SSSR count). The summed E-state index contributed by atoms with van der Waals surface area (Å²) in [7, 11) is 2.12. The Bertz CT molecular complexity index is 1190. The van der Waals surface area contributed by atoms with Crippen LogP contribution in [0.15, 0.2) is 18.2 Å². The van der Waals surface area contributed by atoms with Crippen molar-refractivity contribution in [2.45, 2.75) is 65.0 Å². The number of carbonyl (C=O) groups is 3. The second kappa shape index (κ2) is 15.7. The number of hydrogen-bond donors (Lipinski definition) is 3. The number of aryl methyl sites for hydroxylation is 1. The quantitative estimate of drug-likeness (QED) is 0.323. The molecule has 232 valence electrons. The Morgan fingerprint density at radius 1 is 1.07 bits per heavy atom. The van der Waals surface area contributed by atoms with Gasteiger partial charge in [-0.1, -0.05) is 26.8 Å². The highest BCUT2D eigenvalue weighted by atomic mass is 32.1. The van der Waals surface area contributed by atoms with E-state index in [1.54, 1.807) is 18.3 Å². The number of rotatable bonds is 13. The maximum absolute atomic E-state index is 13.7. The Morgan fingerprint density at radius 3 is 2.50 bits per heavy atom. The molecule has 1 unspecified atom stereocenters. The third-order valence-corrected chi connectivity index (χ3v) is 9.53. The van der Waals surface area contributed by atoms with Crippen LogP contribution in [0.2, 0.25) is 0 Å². The predicted octanol–water partition coefficient (Wildman–Crippen LogP) is 2.21. The first kappa shape index (κ1) is 32.3. The standard InChI is InChI=1S/C31H48N6O4S/c1-5-22-7-8-24-27(17-22)42-29(34-24)18-25(33-28(38)6-2)31(40)35-26(23-9-15-41-16-10-23)19-32-30(39)21(3)20-37-13-11-36(4)12-14-37/h7-8,17,21,23,25-26H,5-6,9-16,18-20H2,1-4H3,(H,32,39)(H,33,38)(H,35,40)/t21?,25-,26+/m0/s1.